The normalized spacial score (nSPS) is 27.9. The lowest BCUT2D eigenvalue weighted by Gasteiger charge is -2.31. The van der Waals surface area contributed by atoms with Crippen LogP contribution in [-0.2, 0) is 0 Å². The molecule has 2 fully saturated rings. The minimum absolute atomic E-state index is 0. The quantitative estimate of drug-likeness (QED) is 0.879. The number of imidazole rings is 1. The van der Waals surface area contributed by atoms with Crippen molar-refractivity contribution >= 4 is 35.8 Å². The Kier molecular flexibility index (Phi) is 4.57. The zero-order valence-corrected chi connectivity index (χ0v) is 13.1. The Morgan fingerprint density at radius 2 is 1.90 bits per heavy atom. The highest BCUT2D eigenvalue weighted by atomic mass is 35.5. The molecule has 0 spiro atoms. The number of nitrogens with zero attached hydrogens (tertiary/aromatic N) is 3. The Morgan fingerprint density at radius 1 is 1.20 bits per heavy atom. The fraction of sp³-hybridized carbons (Fsp3) is 0.571. The van der Waals surface area contributed by atoms with E-state index in [4.69, 9.17) is 0 Å². The molecule has 2 aliphatic rings. The highest BCUT2D eigenvalue weighted by Gasteiger charge is 2.35. The van der Waals surface area contributed by atoms with E-state index in [-0.39, 0.29) is 24.8 Å². The summed E-state index contributed by atoms with van der Waals surface area (Å²) in [5.74, 6) is 1.13. The summed E-state index contributed by atoms with van der Waals surface area (Å²) in [6, 6.07) is 4.02. The minimum atomic E-state index is 0. The highest BCUT2D eigenvalue weighted by molar-refractivity contribution is 5.85. The summed E-state index contributed by atoms with van der Waals surface area (Å²) in [5, 5.41) is 3.70. The van der Waals surface area contributed by atoms with Crippen LogP contribution in [0.3, 0.4) is 0 Å². The smallest absolute Gasteiger partial charge is 0.107 e. The van der Waals surface area contributed by atoms with E-state index in [0.29, 0.717) is 18.1 Å². The van der Waals surface area contributed by atoms with E-state index in [2.05, 4.69) is 26.8 Å². The topological polar surface area (TPSA) is 42.7 Å². The molecule has 0 radical (unpaired) electrons. The van der Waals surface area contributed by atoms with Gasteiger partial charge in [0.2, 0.25) is 0 Å². The van der Waals surface area contributed by atoms with E-state index in [1.54, 1.807) is 0 Å². The number of halogens is 2. The van der Waals surface area contributed by atoms with Crippen LogP contribution < -0.4 is 5.32 Å². The number of hydrogen-bond acceptors (Lipinski definition) is 3. The molecule has 0 amide bonds. The van der Waals surface area contributed by atoms with E-state index < -0.39 is 0 Å². The molecule has 1 N–H and O–H groups in total. The zero-order valence-electron chi connectivity index (χ0n) is 11.5. The third-order valence-electron chi connectivity index (χ3n) is 4.48. The minimum Gasteiger partial charge on any atom is -0.324 e. The summed E-state index contributed by atoms with van der Waals surface area (Å²) in [6.45, 7) is 2.12. The number of rotatable bonds is 1. The SMILES string of the molecule is Cc1nc2ccncc2n1C1C[C@H]2CC[C@@H](C1)N2.Cl.Cl. The third-order valence-corrected chi connectivity index (χ3v) is 4.48. The van der Waals surface area contributed by atoms with Crippen molar-refractivity contribution in [2.75, 3.05) is 0 Å². The Hall–Kier alpha value is -0.840. The van der Waals surface area contributed by atoms with Crippen LogP contribution in [0.15, 0.2) is 18.5 Å². The maximum atomic E-state index is 4.66. The van der Waals surface area contributed by atoms with Gasteiger partial charge < -0.3 is 9.88 Å². The summed E-state index contributed by atoms with van der Waals surface area (Å²) >= 11 is 0. The summed E-state index contributed by atoms with van der Waals surface area (Å²) < 4.78 is 2.41. The van der Waals surface area contributed by atoms with Crippen molar-refractivity contribution < 1.29 is 0 Å². The van der Waals surface area contributed by atoms with Gasteiger partial charge in [-0.15, -0.1) is 24.8 Å². The summed E-state index contributed by atoms with van der Waals surface area (Å²) in [6.07, 6.45) is 8.93. The van der Waals surface area contributed by atoms with Gasteiger partial charge in [-0.2, -0.15) is 0 Å². The molecule has 4 heterocycles. The Balaban J connectivity index is 0.000000735. The predicted octanol–water partition coefficient (Wildman–Crippen LogP) is 3.04. The Bertz CT molecular complexity index is 586. The van der Waals surface area contributed by atoms with Crippen LogP contribution in [0.5, 0.6) is 0 Å². The zero-order chi connectivity index (χ0) is 12.1. The molecule has 20 heavy (non-hydrogen) atoms. The van der Waals surface area contributed by atoms with Crippen LogP contribution in [0.25, 0.3) is 11.0 Å². The van der Waals surface area contributed by atoms with Crippen molar-refractivity contribution in [2.45, 2.75) is 50.7 Å². The van der Waals surface area contributed by atoms with Gasteiger partial charge >= 0.3 is 0 Å². The largest absolute Gasteiger partial charge is 0.324 e. The van der Waals surface area contributed by atoms with Crippen molar-refractivity contribution in [3.8, 4) is 0 Å². The molecule has 0 aliphatic carbocycles. The molecular formula is C14H20Cl2N4. The maximum Gasteiger partial charge on any atom is 0.107 e. The number of hydrogen-bond donors (Lipinski definition) is 1. The average molecular weight is 315 g/mol. The molecule has 3 atom stereocenters. The predicted molar refractivity (Wildman–Crippen MR) is 85.0 cm³/mol. The molecule has 4 rings (SSSR count). The van der Waals surface area contributed by atoms with Crippen molar-refractivity contribution in [1.82, 2.24) is 19.9 Å². The lowest BCUT2D eigenvalue weighted by Crippen LogP contribution is -2.39. The molecule has 2 aromatic heterocycles. The van der Waals surface area contributed by atoms with Crippen LogP contribution in [0.4, 0.5) is 0 Å². The van der Waals surface area contributed by atoms with E-state index in [0.717, 1.165) is 11.3 Å². The number of piperidine rings is 1. The first-order valence-electron chi connectivity index (χ1n) is 6.86. The maximum absolute atomic E-state index is 4.66. The van der Waals surface area contributed by atoms with Crippen LogP contribution >= 0.6 is 24.8 Å². The molecule has 4 nitrogen and oxygen atoms in total. The second-order valence-electron chi connectivity index (χ2n) is 5.66. The second-order valence-corrected chi connectivity index (χ2v) is 5.66. The van der Waals surface area contributed by atoms with Gasteiger partial charge in [0.15, 0.2) is 0 Å². The van der Waals surface area contributed by atoms with Crippen molar-refractivity contribution in [3.05, 3.63) is 24.3 Å². The van der Waals surface area contributed by atoms with Gasteiger partial charge in [-0.3, -0.25) is 4.98 Å². The summed E-state index contributed by atoms with van der Waals surface area (Å²) in [5.41, 5.74) is 2.27. The molecule has 110 valence electrons. The van der Waals surface area contributed by atoms with Gasteiger partial charge in [-0.05, 0) is 38.7 Å². The third kappa shape index (κ3) is 2.41. The first-order valence-corrected chi connectivity index (χ1v) is 6.86. The molecule has 2 aromatic rings. The van der Waals surface area contributed by atoms with E-state index >= 15 is 0 Å². The fourth-order valence-electron chi connectivity index (χ4n) is 3.76. The van der Waals surface area contributed by atoms with E-state index in [9.17, 15) is 0 Å². The lowest BCUT2D eigenvalue weighted by molar-refractivity contribution is 0.300. The summed E-state index contributed by atoms with van der Waals surface area (Å²) in [7, 11) is 0. The van der Waals surface area contributed by atoms with Gasteiger partial charge in [-0.25, -0.2) is 4.98 Å². The van der Waals surface area contributed by atoms with Crippen molar-refractivity contribution in [1.29, 1.82) is 0 Å². The monoisotopic (exact) mass is 314 g/mol. The number of nitrogens with one attached hydrogen (secondary N) is 1. The van der Waals surface area contributed by atoms with Crippen LogP contribution in [-0.4, -0.2) is 26.6 Å². The molecule has 2 saturated heterocycles. The van der Waals surface area contributed by atoms with Crippen LogP contribution in [0.1, 0.15) is 37.5 Å². The van der Waals surface area contributed by atoms with Gasteiger partial charge in [0.25, 0.3) is 0 Å². The van der Waals surface area contributed by atoms with Gasteiger partial charge in [0, 0.05) is 24.3 Å². The fourth-order valence-corrected chi connectivity index (χ4v) is 3.76. The lowest BCUT2D eigenvalue weighted by atomic mass is 9.99. The van der Waals surface area contributed by atoms with Crippen LogP contribution in [0, 0.1) is 6.92 Å². The number of aromatic nitrogens is 3. The molecule has 2 bridgehead atoms. The molecular weight excluding hydrogens is 295 g/mol. The second kappa shape index (κ2) is 5.88. The highest BCUT2D eigenvalue weighted by Crippen LogP contribution is 2.36. The Morgan fingerprint density at radius 3 is 2.60 bits per heavy atom. The first-order chi connectivity index (χ1) is 8.81. The summed E-state index contributed by atoms with van der Waals surface area (Å²) in [4.78, 5) is 8.92. The average Bonchev–Trinajstić information content (AvgIpc) is 2.88. The number of aryl methyl sites for hydroxylation is 1. The van der Waals surface area contributed by atoms with Gasteiger partial charge in [-0.1, -0.05) is 0 Å². The Labute approximate surface area is 131 Å². The molecule has 2 aliphatic heterocycles. The molecule has 1 unspecified atom stereocenters. The van der Waals surface area contributed by atoms with E-state index in [1.165, 1.54) is 31.2 Å². The van der Waals surface area contributed by atoms with Gasteiger partial charge in [0.1, 0.15) is 5.82 Å². The van der Waals surface area contributed by atoms with Crippen molar-refractivity contribution in [2.24, 2.45) is 0 Å². The van der Waals surface area contributed by atoms with Gasteiger partial charge in [0.05, 0.1) is 17.2 Å². The molecule has 0 saturated carbocycles. The number of fused-ring (bicyclic) bond motifs is 3. The molecule has 0 aromatic carbocycles. The van der Waals surface area contributed by atoms with E-state index in [1.807, 2.05) is 18.5 Å². The number of pyridine rings is 1. The van der Waals surface area contributed by atoms with Crippen LogP contribution in [0.2, 0.25) is 0 Å². The molecule has 6 heteroatoms. The standard InChI is InChI=1S/C14H18N4.2ClH/c1-9-16-13-4-5-15-8-14(13)18(9)12-6-10-2-3-11(7-12)17-10;;/h4-5,8,10-12,17H,2-3,6-7H2,1H3;2*1H/t10-,11+,12?;;. The van der Waals surface area contributed by atoms with Crippen molar-refractivity contribution in [3.63, 3.8) is 0 Å². The first kappa shape index (κ1) is 15.5.